The average molecular weight is 296 g/mol. The van der Waals surface area contributed by atoms with E-state index in [4.69, 9.17) is 11.5 Å². The molecule has 0 unspecified atom stereocenters. The van der Waals surface area contributed by atoms with Gasteiger partial charge in [0.1, 0.15) is 21.5 Å². The first-order valence-corrected chi connectivity index (χ1v) is 7.67. The quantitative estimate of drug-likeness (QED) is 0.864. The van der Waals surface area contributed by atoms with Gasteiger partial charge in [0.15, 0.2) is 0 Å². The zero-order valence-electron chi connectivity index (χ0n) is 10.9. The van der Waals surface area contributed by atoms with Crippen LogP contribution in [0.25, 0.3) is 0 Å². The monoisotopic (exact) mass is 296 g/mol. The summed E-state index contributed by atoms with van der Waals surface area (Å²) in [6.07, 6.45) is 0. The number of nitrogens with zero attached hydrogens (tertiary/aromatic N) is 2. The van der Waals surface area contributed by atoms with Crippen molar-refractivity contribution in [1.82, 2.24) is 0 Å². The van der Waals surface area contributed by atoms with Crippen LogP contribution in [0.3, 0.4) is 0 Å². The van der Waals surface area contributed by atoms with Gasteiger partial charge < -0.3 is 16.4 Å². The van der Waals surface area contributed by atoms with Gasteiger partial charge in [-0.05, 0) is 13.8 Å². The number of nitrogen functional groups attached to an aromatic ring is 1. The lowest BCUT2D eigenvalue weighted by atomic mass is 10.1. The lowest BCUT2D eigenvalue weighted by Crippen LogP contribution is -2.43. The van der Waals surface area contributed by atoms with Gasteiger partial charge in [0.05, 0.1) is 5.69 Å². The lowest BCUT2D eigenvalue weighted by molar-refractivity contribution is 0.100. The number of anilines is 2. The van der Waals surface area contributed by atoms with Crippen molar-refractivity contribution >= 4 is 39.7 Å². The standard InChI is InChI=1S/C12H16N4OS2/c1-12(2)6-16(3-4-18-12)11-7(5-13)8(14)9(19-11)10(15)17/h3-4,6,14H2,1-2H3,(H2,15,17). The van der Waals surface area contributed by atoms with Gasteiger partial charge in [-0.1, -0.05) is 0 Å². The van der Waals surface area contributed by atoms with Crippen molar-refractivity contribution in [3.8, 4) is 6.07 Å². The number of rotatable bonds is 2. The van der Waals surface area contributed by atoms with Crippen molar-refractivity contribution in [1.29, 1.82) is 5.26 Å². The summed E-state index contributed by atoms with van der Waals surface area (Å²) in [5, 5.41) is 10.0. The molecule has 7 heteroatoms. The van der Waals surface area contributed by atoms with Crippen LogP contribution < -0.4 is 16.4 Å². The average Bonchev–Trinajstić information content (AvgIpc) is 2.65. The molecule has 0 aromatic carbocycles. The Hall–Kier alpha value is -1.39. The van der Waals surface area contributed by atoms with Crippen molar-refractivity contribution in [2.45, 2.75) is 18.6 Å². The summed E-state index contributed by atoms with van der Waals surface area (Å²) < 4.78 is 0.122. The van der Waals surface area contributed by atoms with Crippen molar-refractivity contribution in [2.75, 3.05) is 29.5 Å². The van der Waals surface area contributed by atoms with Crippen LogP contribution in [0, 0.1) is 11.3 Å². The molecule has 0 atom stereocenters. The van der Waals surface area contributed by atoms with Crippen molar-refractivity contribution in [3.63, 3.8) is 0 Å². The minimum atomic E-state index is -0.573. The highest BCUT2D eigenvalue weighted by Gasteiger charge is 2.31. The molecule has 5 nitrogen and oxygen atoms in total. The Balaban J connectivity index is 2.42. The van der Waals surface area contributed by atoms with Gasteiger partial charge in [0.2, 0.25) is 0 Å². The lowest BCUT2D eigenvalue weighted by Gasteiger charge is -2.38. The molecule has 1 aliphatic rings. The molecule has 4 N–H and O–H groups in total. The molecule has 102 valence electrons. The third-order valence-electron chi connectivity index (χ3n) is 2.98. The maximum absolute atomic E-state index is 11.3. The summed E-state index contributed by atoms with van der Waals surface area (Å²) in [5.41, 5.74) is 11.7. The predicted octanol–water partition coefficient (Wildman–Crippen LogP) is 1.63. The highest BCUT2D eigenvalue weighted by atomic mass is 32.2. The van der Waals surface area contributed by atoms with Crippen molar-refractivity contribution < 1.29 is 4.79 Å². The van der Waals surface area contributed by atoms with Crippen LogP contribution in [-0.2, 0) is 0 Å². The van der Waals surface area contributed by atoms with E-state index in [9.17, 15) is 10.1 Å². The van der Waals surface area contributed by atoms with Gasteiger partial charge >= 0.3 is 0 Å². The second-order valence-electron chi connectivity index (χ2n) is 5.03. The second-order valence-corrected chi connectivity index (χ2v) is 7.83. The van der Waals surface area contributed by atoms with Gasteiger partial charge in [0, 0.05) is 23.6 Å². The SMILES string of the molecule is CC1(C)CN(c2sc(C(N)=O)c(N)c2C#N)CCS1. The van der Waals surface area contributed by atoms with E-state index >= 15 is 0 Å². The van der Waals surface area contributed by atoms with E-state index < -0.39 is 5.91 Å². The van der Waals surface area contributed by atoms with Crippen LogP contribution >= 0.6 is 23.1 Å². The van der Waals surface area contributed by atoms with E-state index in [1.54, 1.807) is 0 Å². The normalized spacial score (nSPS) is 18.1. The van der Waals surface area contributed by atoms with E-state index in [2.05, 4.69) is 24.8 Å². The minimum absolute atomic E-state index is 0.122. The van der Waals surface area contributed by atoms with Gasteiger partial charge in [-0.25, -0.2) is 0 Å². The first-order valence-electron chi connectivity index (χ1n) is 5.87. The van der Waals surface area contributed by atoms with Crippen LogP contribution in [0.4, 0.5) is 10.7 Å². The van der Waals surface area contributed by atoms with Crippen LogP contribution in [0.15, 0.2) is 0 Å². The molecule has 0 saturated carbocycles. The number of carbonyl (C=O) groups is 1. The number of nitriles is 1. The molecule has 2 heterocycles. The van der Waals surface area contributed by atoms with Gasteiger partial charge in [0.25, 0.3) is 5.91 Å². The molecule has 0 aliphatic carbocycles. The first kappa shape index (κ1) is 14.0. The number of nitrogens with two attached hydrogens (primary N) is 2. The first-order chi connectivity index (χ1) is 8.85. The molecule has 1 fully saturated rings. The number of carbonyl (C=O) groups excluding carboxylic acids is 1. The molecule has 0 spiro atoms. The highest BCUT2D eigenvalue weighted by molar-refractivity contribution is 8.00. The summed E-state index contributed by atoms with van der Waals surface area (Å²) in [6, 6.07) is 2.09. The Labute approximate surface area is 120 Å². The fraction of sp³-hybridized carbons (Fsp3) is 0.500. The van der Waals surface area contributed by atoms with Crippen LogP contribution in [0.5, 0.6) is 0 Å². The number of hydrogen-bond donors (Lipinski definition) is 2. The number of thiophene rings is 1. The van der Waals surface area contributed by atoms with E-state index in [1.807, 2.05) is 11.8 Å². The molecular weight excluding hydrogens is 280 g/mol. The Bertz CT molecular complexity index is 559. The molecule has 19 heavy (non-hydrogen) atoms. The molecule has 1 saturated heterocycles. The minimum Gasteiger partial charge on any atom is -0.396 e. The second kappa shape index (κ2) is 4.94. The molecule has 1 aromatic heterocycles. The summed E-state index contributed by atoms with van der Waals surface area (Å²) >= 11 is 3.13. The van der Waals surface area contributed by atoms with Crippen molar-refractivity contribution in [3.05, 3.63) is 10.4 Å². The predicted molar refractivity (Wildman–Crippen MR) is 80.7 cm³/mol. The largest absolute Gasteiger partial charge is 0.396 e. The van der Waals surface area contributed by atoms with E-state index in [0.29, 0.717) is 5.56 Å². The van der Waals surface area contributed by atoms with E-state index in [0.717, 1.165) is 23.8 Å². The molecule has 0 bridgehead atoms. The van der Waals surface area contributed by atoms with E-state index in [1.165, 1.54) is 11.3 Å². The zero-order valence-corrected chi connectivity index (χ0v) is 12.5. The Morgan fingerprint density at radius 2 is 2.21 bits per heavy atom. The molecule has 1 aliphatic heterocycles. The maximum atomic E-state index is 11.3. The summed E-state index contributed by atoms with van der Waals surface area (Å²) in [6.45, 7) is 6.01. The topological polar surface area (TPSA) is 96.1 Å². The van der Waals surface area contributed by atoms with Crippen LogP contribution in [0.1, 0.15) is 29.1 Å². The van der Waals surface area contributed by atoms with Gasteiger partial charge in [-0.2, -0.15) is 17.0 Å². The van der Waals surface area contributed by atoms with Gasteiger partial charge in [-0.3, -0.25) is 4.79 Å². The number of amides is 1. The number of hydrogen-bond acceptors (Lipinski definition) is 6. The highest BCUT2D eigenvalue weighted by Crippen LogP contribution is 2.41. The summed E-state index contributed by atoms with van der Waals surface area (Å²) in [4.78, 5) is 13.7. The molecule has 2 rings (SSSR count). The molecule has 1 amide bonds. The summed E-state index contributed by atoms with van der Waals surface area (Å²) in [7, 11) is 0. The van der Waals surface area contributed by atoms with Crippen LogP contribution in [0.2, 0.25) is 0 Å². The maximum Gasteiger partial charge on any atom is 0.261 e. The zero-order chi connectivity index (χ0) is 14.2. The summed E-state index contributed by atoms with van der Waals surface area (Å²) in [5.74, 6) is 0.414. The van der Waals surface area contributed by atoms with E-state index in [-0.39, 0.29) is 15.3 Å². The Morgan fingerprint density at radius 3 is 2.74 bits per heavy atom. The fourth-order valence-electron chi connectivity index (χ4n) is 2.13. The molecule has 0 radical (unpaired) electrons. The Morgan fingerprint density at radius 1 is 1.53 bits per heavy atom. The number of thioether (sulfide) groups is 1. The third-order valence-corrected chi connectivity index (χ3v) is 5.55. The molecular formula is C12H16N4OS2. The van der Waals surface area contributed by atoms with Crippen molar-refractivity contribution in [2.24, 2.45) is 5.73 Å². The third kappa shape index (κ3) is 2.65. The van der Waals surface area contributed by atoms with Gasteiger partial charge in [-0.15, -0.1) is 11.3 Å². The fourth-order valence-corrected chi connectivity index (χ4v) is 4.29. The molecule has 1 aromatic rings. The smallest absolute Gasteiger partial charge is 0.261 e. The Kier molecular flexibility index (Phi) is 3.65. The number of primary amides is 1. The van der Waals surface area contributed by atoms with Crippen LogP contribution in [-0.4, -0.2) is 29.5 Å².